The van der Waals surface area contributed by atoms with Gasteiger partial charge in [0.25, 0.3) is 0 Å². The lowest BCUT2D eigenvalue weighted by Crippen LogP contribution is -1.88. The third kappa shape index (κ3) is 0.998. The number of nitrogens with zero attached hydrogens (tertiary/aromatic N) is 1. The van der Waals surface area contributed by atoms with Crippen LogP contribution in [0, 0.1) is 0 Å². The molecule has 0 radical (unpaired) electrons. The maximum absolute atomic E-state index is 4.18. The molecule has 2 aromatic rings. The largest absolute Gasteiger partial charge is 0.360 e. The summed E-state index contributed by atoms with van der Waals surface area (Å²) in [7, 11) is 0. The van der Waals surface area contributed by atoms with Crippen LogP contribution in [0.4, 0.5) is 0 Å². The molecule has 0 saturated carbocycles. The average molecular weight is 162 g/mol. The Bertz CT molecular complexity index is 392. The highest BCUT2D eigenvalue weighted by molar-refractivity contribution is 5.82. The SMILES string of the molecule is CC(C)c1cncc2[nH]ccc12.[HH]. The van der Waals surface area contributed by atoms with Crippen molar-refractivity contribution >= 4 is 10.9 Å². The van der Waals surface area contributed by atoms with Gasteiger partial charge in [-0.05, 0) is 17.5 Å². The quantitative estimate of drug-likeness (QED) is 0.686. The smallest absolute Gasteiger partial charge is 0.0643 e. The Balaban J connectivity index is 0.000000845. The summed E-state index contributed by atoms with van der Waals surface area (Å²) in [6, 6.07) is 2.10. The lowest BCUT2D eigenvalue weighted by atomic mass is 10.0. The van der Waals surface area contributed by atoms with Gasteiger partial charge in [-0.2, -0.15) is 0 Å². The van der Waals surface area contributed by atoms with Gasteiger partial charge in [0.2, 0.25) is 0 Å². The van der Waals surface area contributed by atoms with Gasteiger partial charge in [-0.25, -0.2) is 0 Å². The third-order valence-electron chi connectivity index (χ3n) is 2.13. The normalized spacial score (nSPS) is 11.2. The zero-order valence-electron chi connectivity index (χ0n) is 7.33. The Kier molecular flexibility index (Phi) is 1.61. The van der Waals surface area contributed by atoms with E-state index in [1.165, 1.54) is 10.9 Å². The van der Waals surface area contributed by atoms with Crippen molar-refractivity contribution in [3.63, 3.8) is 0 Å². The Morgan fingerprint density at radius 3 is 3.00 bits per heavy atom. The van der Waals surface area contributed by atoms with Crippen molar-refractivity contribution in [2.75, 3.05) is 0 Å². The molecule has 2 rings (SSSR count). The highest BCUT2D eigenvalue weighted by atomic mass is 14.7. The van der Waals surface area contributed by atoms with E-state index in [4.69, 9.17) is 0 Å². The van der Waals surface area contributed by atoms with E-state index < -0.39 is 0 Å². The highest BCUT2D eigenvalue weighted by Crippen LogP contribution is 2.22. The van der Waals surface area contributed by atoms with E-state index in [9.17, 15) is 0 Å². The zero-order chi connectivity index (χ0) is 8.55. The standard InChI is InChI=1S/C10H12N2.H2/c1-7(2)9-5-11-6-10-8(9)3-4-12-10;/h3-7,12H,1-2H3;1H. The molecule has 1 N–H and O–H groups in total. The van der Waals surface area contributed by atoms with Crippen molar-refractivity contribution in [2.45, 2.75) is 19.8 Å². The molecule has 0 aromatic carbocycles. The van der Waals surface area contributed by atoms with E-state index in [1.807, 2.05) is 18.6 Å². The number of H-pyrrole nitrogens is 1. The maximum Gasteiger partial charge on any atom is 0.0643 e. The Morgan fingerprint density at radius 2 is 2.25 bits per heavy atom. The highest BCUT2D eigenvalue weighted by Gasteiger charge is 2.04. The van der Waals surface area contributed by atoms with Crippen LogP contribution in [-0.4, -0.2) is 9.97 Å². The molecule has 0 unspecified atom stereocenters. The van der Waals surface area contributed by atoms with Crippen LogP contribution in [-0.2, 0) is 0 Å². The molecule has 0 bridgehead atoms. The van der Waals surface area contributed by atoms with Crippen molar-refractivity contribution in [3.8, 4) is 0 Å². The van der Waals surface area contributed by atoms with E-state index in [2.05, 4.69) is 29.9 Å². The molecule has 12 heavy (non-hydrogen) atoms. The Hall–Kier alpha value is -1.31. The molecule has 0 amide bonds. The summed E-state index contributed by atoms with van der Waals surface area (Å²) in [5, 5.41) is 1.29. The number of fused-ring (bicyclic) bond motifs is 1. The summed E-state index contributed by atoms with van der Waals surface area (Å²) in [6.45, 7) is 4.37. The first-order chi connectivity index (χ1) is 5.79. The van der Waals surface area contributed by atoms with Gasteiger partial charge in [-0.1, -0.05) is 13.8 Å². The molecular weight excluding hydrogens is 148 g/mol. The molecule has 0 saturated heterocycles. The minimum atomic E-state index is 0. The predicted molar refractivity (Wildman–Crippen MR) is 52.3 cm³/mol. The number of aromatic nitrogens is 2. The summed E-state index contributed by atoms with van der Waals surface area (Å²) in [5.41, 5.74) is 2.44. The minimum absolute atomic E-state index is 0. The average Bonchev–Trinajstić information content (AvgIpc) is 2.49. The summed E-state index contributed by atoms with van der Waals surface area (Å²) < 4.78 is 0. The molecule has 0 aliphatic rings. The van der Waals surface area contributed by atoms with Crippen LogP contribution >= 0.6 is 0 Å². The van der Waals surface area contributed by atoms with Crippen LogP contribution < -0.4 is 0 Å². The molecule has 2 nitrogen and oxygen atoms in total. The molecule has 0 spiro atoms. The van der Waals surface area contributed by atoms with Crippen molar-refractivity contribution in [3.05, 3.63) is 30.2 Å². The number of hydrogen-bond donors (Lipinski definition) is 1. The first-order valence-electron chi connectivity index (χ1n) is 4.20. The van der Waals surface area contributed by atoms with Gasteiger partial charge in [0.15, 0.2) is 0 Å². The van der Waals surface area contributed by atoms with Crippen LogP contribution in [0.3, 0.4) is 0 Å². The lowest BCUT2D eigenvalue weighted by Gasteiger charge is -2.04. The number of hydrogen-bond acceptors (Lipinski definition) is 1. The number of rotatable bonds is 1. The van der Waals surface area contributed by atoms with Gasteiger partial charge in [-0.3, -0.25) is 4.98 Å². The monoisotopic (exact) mass is 162 g/mol. The molecule has 64 valence electrons. The Labute approximate surface area is 73.1 Å². The van der Waals surface area contributed by atoms with E-state index in [0.717, 1.165) is 5.52 Å². The van der Waals surface area contributed by atoms with E-state index in [-0.39, 0.29) is 1.43 Å². The van der Waals surface area contributed by atoms with Gasteiger partial charge in [0, 0.05) is 19.2 Å². The van der Waals surface area contributed by atoms with Crippen LogP contribution in [0.2, 0.25) is 0 Å². The number of aromatic amines is 1. The molecule has 2 aromatic heterocycles. The van der Waals surface area contributed by atoms with Crippen LogP contribution in [0.5, 0.6) is 0 Å². The van der Waals surface area contributed by atoms with Crippen molar-refractivity contribution in [1.82, 2.24) is 9.97 Å². The second kappa shape index (κ2) is 2.63. The second-order valence-electron chi connectivity index (χ2n) is 3.32. The molecule has 0 aliphatic heterocycles. The Morgan fingerprint density at radius 1 is 1.42 bits per heavy atom. The fourth-order valence-electron chi connectivity index (χ4n) is 1.46. The number of nitrogens with one attached hydrogen (secondary N) is 1. The van der Waals surface area contributed by atoms with Crippen LogP contribution in [0.15, 0.2) is 24.7 Å². The fourth-order valence-corrected chi connectivity index (χ4v) is 1.46. The third-order valence-corrected chi connectivity index (χ3v) is 2.13. The first kappa shape index (κ1) is 7.35. The molecule has 0 fully saturated rings. The van der Waals surface area contributed by atoms with Gasteiger partial charge in [0.1, 0.15) is 0 Å². The van der Waals surface area contributed by atoms with Crippen LogP contribution in [0.25, 0.3) is 10.9 Å². The summed E-state index contributed by atoms with van der Waals surface area (Å²) >= 11 is 0. The van der Waals surface area contributed by atoms with Crippen LogP contribution in [0.1, 0.15) is 26.8 Å². The predicted octanol–water partition coefficient (Wildman–Crippen LogP) is 2.93. The zero-order valence-corrected chi connectivity index (χ0v) is 7.33. The molecule has 0 aliphatic carbocycles. The van der Waals surface area contributed by atoms with E-state index >= 15 is 0 Å². The van der Waals surface area contributed by atoms with Gasteiger partial charge >= 0.3 is 0 Å². The summed E-state index contributed by atoms with van der Waals surface area (Å²) in [4.78, 5) is 7.33. The van der Waals surface area contributed by atoms with E-state index in [0.29, 0.717) is 5.92 Å². The molecule has 2 heterocycles. The molecule has 0 atom stereocenters. The fraction of sp³-hybridized carbons (Fsp3) is 0.300. The van der Waals surface area contributed by atoms with Crippen molar-refractivity contribution in [1.29, 1.82) is 0 Å². The van der Waals surface area contributed by atoms with Gasteiger partial charge in [-0.15, -0.1) is 0 Å². The minimum Gasteiger partial charge on any atom is -0.360 e. The maximum atomic E-state index is 4.18. The lowest BCUT2D eigenvalue weighted by molar-refractivity contribution is 0.869. The topological polar surface area (TPSA) is 28.7 Å². The number of pyridine rings is 1. The van der Waals surface area contributed by atoms with Crippen molar-refractivity contribution in [2.24, 2.45) is 0 Å². The summed E-state index contributed by atoms with van der Waals surface area (Å²) in [5.74, 6) is 0.539. The van der Waals surface area contributed by atoms with Gasteiger partial charge < -0.3 is 4.98 Å². The molecular formula is C10H14N2. The molecule has 2 heteroatoms. The summed E-state index contributed by atoms with van der Waals surface area (Å²) in [6.07, 6.45) is 5.76. The van der Waals surface area contributed by atoms with Crippen molar-refractivity contribution < 1.29 is 1.43 Å². The van der Waals surface area contributed by atoms with Gasteiger partial charge in [0.05, 0.1) is 11.7 Å². The second-order valence-corrected chi connectivity index (χ2v) is 3.32. The first-order valence-corrected chi connectivity index (χ1v) is 4.20. The van der Waals surface area contributed by atoms with E-state index in [1.54, 1.807) is 0 Å².